The minimum absolute atomic E-state index is 0.0565. The average molecular weight is 304 g/mol. The summed E-state index contributed by atoms with van der Waals surface area (Å²) in [6.07, 6.45) is 0.389. The highest BCUT2D eigenvalue weighted by atomic mass is 16.4. The monoisotopic (exact) mass is 304 g/mol. The van der Waals surface area contributed by atoms with E-state index in [-0.39, 0.29) is 12.3 Å². The van der Waals surface area contributed by atoms with Crippen LogP contribution in [0.25, 0.3) is 0 Å². The molecular weight excluding hydrogens is 284 g/mol. The molecule has 0 aliphatic heterocycles. The van der Waals surface area contributed by atoms with E-state index in [0.717, 1.165) is 0 Å². The zero-order valence-electron chi connectivity index (χ0n) is 12.6. The molecule has 0 heterocycles. The van der Waals surface area contributed by atoms with Gasteiger partial charge in [-0.1, -0.05) is 32.0 Å². The first-order valence-electron chi connectivity index (χ1n) is 7.04. The number of nitrogens with one attached hydrogen (secondary N) is 1. The van der Waals surface area contributed by atoms with Gasteiger partial charge in [0.2, 0.25) is 0 Å². The molecule has 0 radical (unpaired) electrons. The molecule has 0 aliphatic carbocycles. The van der Waals surface area contributed by atoms with Gasteiger partial charge in [-0.15, -0.1) is 0 Å². The number of aliphatic carboxylic acids is 2. The molecule has 6 nitrogen and oxygen atoms in total. The molecule has 3 N–H and O–H groups in total. The molecule has 1 aromatic carbocycles. The average Bonchev–Trinajstić information content (AvgIpc) is 2.45. The Morgan fingerprint density at radius 2 is 1.77 bits per heavy atom. The van der Waals surface area contributed by atoms with Crippen molar-refractivity contribution in [1.29, 1.82) is 5.26 Å². The van der Waals surface area contributed by atoms with Gasteiger partial charge in [0.1, 0.15) is 12.1 Å². The van der Waals surface area contributed by atoms with Crippen LogP contribution in [-0.2, 0) is 16.0 Å². The predicted molar refractivity (Wildman–Crippen MR) is 80.3 cm³/mol. The molecule has 0 aromatic heterocycles. The van der Waals surface area contributed by atoms with Crippen molar-refractivity contribution in [3.05, 3.63) is 35.4 Å². The van der Waals surface area contributed by atoms with E-state index < -0.39 is 24.0 Å². The van der Waals surface area contributed by atoms with Crippen LogP contribution in [0.4, 0.5) is 0 Å². The number of hydrogen-bond donors (Lipinski definition) is 3. The van der Waals surface area contributed by atoms with E-state index in [1.54, 1.807) is 24.3 Å². The molecular formula is C16H20N2O4. The van der Waals surface area contributed by atoms with E-state index in [1.165, 1.54) is 0 Å². The SMILES string of the molecule is CC(C)CC(NC(Cc1ccccc1C#N)C(=O)O)C(=O)O. The molecule has 1 rings (SSSR count). The van der Waals surface area contributed by atoms with Gasteiger partial charge in [-0.2, -0.15) is 5.26 Å². The molecule has 1 aromatic rings. The largest absolute Gasteiger partial charge is 0.480 e. The molecule has 0 bridgehead atoms. The highest BCUT2D eigenvalue weighted by Crippen LogP contribution is 2.12. The Balaban J connectivity index is 2.92. The molecule has 0 fully saturated rings. The molecule has 0 saturated carbocycles. The second-order valence-corrected chi connectivity index (χ2v) is 5.55. The Kier molecular flexibility index (Phi) is 6.54. The predicted octanol–water partition coefficient (Wildman–Crippen LogP) is 1.64. The Morgan fingerprint density at radius 1 is 1.18 bits per heavy atom. The van der Waals surface area contributed by atoms with Gasteiger partial charge in [-0.3, -0.25) is 14.9 Å². The van der Waals surface area contributed by atoms with Crippen molar-refractivity contribution in [2.24, 2.45) is 5.92 Å². The quantitative estimate of drug-likeness (QED) is 0.673. The lowest BCUT2D eigenvalue weighted by molar-refractivity contribution is -0.142. The zero-order valence-corrected chi connectivity index (χ0v) is 12.6. The Hall–Kier alpha value is -2.39. The number of hydrogen-bond acceptors (Lipinski definition) is 4. The van der Waals surface area contributed by atoms with Crippen LogP contribution in [0, 0.1) is 17.2 Å². The van der Waals surface area contributed by atoms with Crippen LogP contribution >= 0.6 is 0 Å². The number of carboxylic acids is 2. The van der Waals surface area contributed by atoms with Crippen LogP contribution in [0.5, 0.6) is 0 Å². The number of carbonyl (C=O) groups is 2. The van der Waals surface area contributed by atoms with Crippen LogP contribution in [-0.4, -0.2) is 34.2 Å². The summed E-state index contributed by atoms with van der Waals surface area (Å²) in [5.41, 5.74) is 0.977. The minimum Gasteiger partial charge on any atom is -0.480 e. The van der Waals surface area contributed by atoms with Gasteiger partial charge in [0, 0.05) is 0 Å². The Labute approximate surface area is 129 Å². The summed E-state index contributed by atoms with van der Waals surface area (Å²) in [5.74, 6) is -2.09. The zero-order chi connectivity index (χ0) is 16.7. The van der Waals surface area contributed by atoms with E-state index >= 15 is 0 Å². The molecule has 118 valence electrons. The lowest BCUT2D eigenvalue weighted by Crippen LogP contribution is -2.48. The maximum Gasteiger partial charge on any atom is 0.321 e. The highest BCUT2D eigenvalue weighted by molar-refractivity contribution is 5.77. The first-order valence-corrected chi connectivity index (χ1v) is 7.04. The summed E-state index contributed by atoms with van der Waals surface area (Å²) in [4.78, 5) is 22.7. The van der Waals surface area contributed by atoms with Crippen molar-refractivity contribution >= 4 is 11.9 Å². The molecule has 0 saturated heterocycles. The normalized spacial score (nSPS) is 13.4. The smallest absolute Gasteiger partial charge is 0.321 e. The number of rotatable bonds is 8. The summed E-state index contributed by atoms with van der Waals surface area (Å²) >= 11 is 0. The summed E-state index contributed by atoms with van der Waals surface area (Å²) < 4.78 is 0. The first kappa shape index (κ1) is 17.7. The second-order valence-electron chi connectivity index (χ2n) is 5.55. The minimum atomic E-state index is -1.14. The van der Waals surface area contributed by atoms with Crippen molar-refractivity contribution in [3.63, 3.8) is 0 Å². The lowest BCUT2D eigenvalue weighted by Gasteiger charge is -2.22. The molecule has 2 unspecified atom stereocenters. The van der Waals surface area contributed by atoms with Crippen LogP contribution < -0.4 is 5.32 Å². The van der Waals surface area contributed by atoms with Gasteiger partial charge in [0.15, 0.2) is 0 Å². The summed E-state index contributed by atoms with van der Waals surface area (Å²) in [7, 11) is 0. The number of benzene rings is 1. The summed E-state index contributed by atoms with van der Waals surface area (Å²) in [6.45, 7) is 3.75. The van der Waals surface area contributed by atoms with E-state index in [2.05, 4.69) is 5.32 Å². The van der Waals surface area contributed by atoms with Crippen LogP contribution in [0.2, 0.25) is 0 Å². The standard InChI is InChI=1S/C16H20N2O4/c1-10(2)7-13(15(19)20)18-14(16(21)22)8-11-5-3-4-6-12(11)9-17/h3-6,10,13-14,18H,7-8H2,1-2H3,(H,19,20)(H,21,22). The van der Waals surface area contributed by atoms with Gasteiger partial charge >= 0.3 is 11.9 Å². The van der Waals surface area contributed by atoms with Crippen molar-refractivity contribution in [2.45, 2.75) is 38.8 Å². The molecule has 2 atom stereocenters. The van der Waals surface area contributed by atoms with Crippen LogP contribution in [0.3, 0.4) is 0 Å². The van der Waals surface area contributed by atoms with E-state index in [0.29, 0.717) is 17.5 Å². The number of nitrogens with zero attached hydrogens (tertiary/aromatic N) is 1. The van der Waals surface area contributed by atoms with Crippen molar-refractivity contribution in [1.82, 2.24) is 5.32 Å². The third-order valence-electron chi connectivity index (χ3n) is 3.27. The van der Waals surface area contributed by atoms with Gasteiger partial charge in [-0.25, -0.2) is 0 Å². The van der Waals surface area contributed by atoms with Crippen LogP contribution in [0.1, 0.15) is 31.4 Å². The van der Waals surface area contributed by atoms with Crippen molar-refractivity contribution < 1.29 is 19.8 Å². The maximum absolute atomic E-state index is 11.4. The van der Waals surface area contributed by atoms with Gasteiger partial charge in [-0.05, 0) is 30.4 Å². The Bertz CT molecular complexity index is 578. The third kappa shape index (κ3) is 5.19. The number of nitriles is 1. The summed E-state index contributed by atoms with van der Waals surface area (Å²) in [6, 6.07) is 6.72. The fraction of sp³-hybridized carbons (Fsp3) is 0.438. The molecule has 22 heavy (non-hydrogen) atoms. The molecule has 0 spiro atoms. The topological polar surface area (TPSA) is 110 Å². The third-order valence-corrected chi connectivity index (χ3v) is 3.27. The first-order chi connectivity index (χ1) is 10.3. The van der Waals surface area contributed by atoms with Crippen molar-refractivity contribution in [3.8, 4) is 6.07 Å². The second kappa shape index (κ2) is 8.15. The maximum atomic E-state index is 11.4. The fourth-order valence-corrected chi connectivity index (χ4v) is 2.20. The summed E-state index contributed by atoms with van der Waals surface area (Å²) in [5, 5.41) is 30.3. The van der Waals surface area contributed by atoms with Crippen LogP contribution in [0.15, 0.2) is 24.3 Å². The molecule has 0 aliphatic rings. The van der Waals surface area contributed by atoms with Gasteiger partial charge in [0.25, 0.3) is 0 Å². The molecule has 6 heteroatoms. The highest BCUT2D eigenvalue weighted by Gasteiger charge is 2.27. The van der Waals surface area contributed by atoms with Gasteiger partial charge in [0.05, 0.1) is 11.6 Å². The Morgan fingerprint density at radius 3 is 2.27 bits per heavy atom. The van der Waals surface area contributed by atoms with E-state index in [4.69, 9.17) is 5.26 Å². The fourth-order valence-electron chi connectivity index (χ4n) is 2.20. The number of carboxylic acid groups (broad SMARTS) is 2. The van der Waals surface area contributed by atoms with E-state index in [1.807, 2.05) is 19.9 Å². The van der Waals surface area contributed by atoms with Gasteiger partial charge < -0.3 is 10.2 Å². The lowest BCUT2D eigenvalue weighted by atomic mass is 9.98. The molecule has 0 amide bonds. The van der Waals surface area contributed by atoms with E-state index in [9.17, 15) is 19.8 Å². The van der Waals surface area contributed by atoms with Crippen molar-refractivity contribution in [2.75, 3.05) is 0 Å².